The number of allylic oxidation sites excluding steroid dienone is 1. The SMILES string of the molecule is CCC1=CN=c2[nH]ccc2=C(c2ccn(C(CC#N)CN3CCN(C(=O)c4ccc(C#N)cc4F)CC3)c2)C1. The molecule has 1 unspecified atom stereocenters. The van der Waals surface area contributed by atoms with Gasteiger partial charge in [0.25, 0.3) is 5.91 Å². The lowest BCUT2D eigenvalue weighted by atomic mass is 9.98. The maximum absolute atomic E-state index is 14.4. The molecule has 0 spiro atoms. The van der Waals surface area contributed by atoms with Gasteiger partial charge in [0, 0.05) is 62.7 Å². The largest absolute Gasteiger partial charge is 0.348 e. The Kier molecular flexibility index (Phi) is 7.72. The Hall–Kier alpha value is -4.47. The third-order valence-corrected chi connectivity index (χ3v) is 7.55. The van der Waals surface area contributed by atoms with Crippen molar-refractivity contribution in [3.05, 3.63) is 93.9 Å². The van der Waals surface area contributed by atoms with Crippen LogP contribution in [0.2, 0.25) is 0 Å². The van der Waals surface area contributed by atoms with Crippen molar-refractivity contribution < 1.29 is 9.18 Å². The minimum Gasteiger partial charge on any atom is -0.348 e. The monoisotopic (exact) mass is 523 g/mol. The number of halogens is 1. The number of nitrogens with zero attached hydrogens (tertiary/aromatic N) is 6. The number of nitriles is 2. The molecule has 0 radical (unpaired) electrons. The van der Waals surface area contributed by atoms with Crippen LogP contribution in [-0.2, 0) is 0 Å². The number of carbonyl (C=O) groups excluding carboxylic acids is 1. The predicted octanol–water partition coefficient (Wildman–Crippen LogP) is 3.26. The number of nitrogens with one attached hydrogen (secondary N) is 1. The number of amides is 1. The van der Waals surface area contributed by atoms with Crippen LogP contribution >= 0.6 is 0 Å². The van der Waals surface area contributed by atoms with Gasteiger partial charge < -0.3 is 14.5 Å². The molecule has 1 N–H and O–H groups in total. The first-order chi connectivity index (χ1) is 19.0. The second kappa shape index (κ2) is 11.5. The summed E-state index contributed by atoms with van der Waals surface area (Å²) in [6, 6.07) is 12.3. The average Bonchev–Trinajstić information content (AvgIpc) is 3.60. The molecule has 0 saturated carbocycles. The van der Waals surface area contributed by atoms with Gasteiger partial charge in [-0.15, -0.1) is 0 Å². The van der Waals surface area contributed by atoms with Gasteiger partial charge in [0.05, 0.1) is 35.7 Å². The van der Waals surface area contributed by atoms with Crippen molar-refractivity contribution in [3.8, 4) is 12.1 Å². The number of rotatable bonds is 7. The molecule has 2 aliphatic heterocycles. The number of hydrogen-bond acceptors (Lipinski definition) is 5. The molecule has 198 valence electrons. The molecule has 1 amide bonds. The molecule has 3 aromatic rings. The van der Waals surface area contributed by atoms with E-state index in [0.717, 1.165) is 35.2 Å². The van der Waals surface area contributed by atoms with Crippen molar-refractivity contribution in [2.75, 3.05) is 32.7 Å². The van der Waals surface area contributed by atoms with Crippen molar-refractivity contribution in [2.45, 2.75) is 32.2 Å². The Morgan fingerprint density at radius 1 is 1.18 bits per heavy atom. The number of aromatic nitrogens is 2. The summed E-state index contributed by atoms with van der Waals surface area (Å²) in [6.45, 7) is 5.03. The van der Waals surface area contributed by atoms with Crippen LogP contribution in [0, 0.1) is 28.5 Å². The van der Waals surface area contributed by atoms with Crippen molar-refractivity contribution >= 4 is 11.5 Å². The van der Waals surface area contributed by atoms with Crippen LogP contribution in [0.25, 0.3) is 5.57 Å². The molecule has 4 heterocycles. The van der Waals surface area contributed by atoms with Crippen LogP contribution < -0.4 is 10.7 Å². The molecular weight excluding hydrogens is 493 g/mol. The van der Waals surface area contributed by atoms with Gasteiger partial charge in [0.1, 0.15) is 11.3 Å². The van der Waals surface area contributed by atoms with E-state index in [1.165, 1.54) is 23.3 Å². The maximum atomic E-state index is 14.4. The first kappa shape index (κ1) is 26.1. The lowest BCUT2D eigenvalue weighted by molar-refractivity contribution is 0.0615. The third kappa shape index (κ3) is 5.55. The fourth-order valence-electron chi connectivity index (χ4n) is 5.26. The number of hydrogen-bond donors (Lipinski definition) is 1. The summed E-state index contributed by atoms with van der Waals surface area (Å²) >= 11 is 0. The standard InChI is InChI=1S/C30H30FN7O/c1-2-21-15-27(25-6-9-34-29(25)35-18-21)23-7-10-38(19-23)24(5-8-32)20-36-11-13-37(14-12-36)30(39)26-4-3-22(17-33)16-28(26)31/h3-4,6-7,9-10,16,18-19,24H,2,5,11-15,20H2,1H3,(H,34,35). The van der Waals surface area contributed by atoms with E-state index in [-0.39, 0.29) is 23.1 Å². The van der Waals surface area contributed by atoms with Crippen LogP contribution in [0.3, 0.4) is 0 Å². The molecule has 1 saturated heterocycles. The smallest absolute Gasteiger partial charge is 0.256 e. The van der Waals surface area contributed by atoms with E-state index < -0.39 is 5.82 Å². The van der Waals surface area contributed by atoms with Gasteiger partial charge in [-0.25, -0.2) is 9.38 Å². The van der Waals surface area contributed by atoms with Gasteiger partial charge in [-0.3, -0.25) is 9.69 Å². The molecule has 5 rings (SSSR count). The summed E-state index contributed by atoms with van der Waals surface area (Å²) in [4.78, 5) is 24.6. The van der Waals surface area contributed by atoms with E-state index in [0.29, 0.717) is 39.1 Å². The van der Waals surface area contributed by atoms with E-state index in [1.54, 1.807) is 4.90 Å². The van der Waals surface area contributed by atoms with Gasteiger partial charge in [0.15, 0.2) is 0 Å². The van der Waals surface area contributed by atoms with E-state index in [4.69, 9.17) is 5.26 Å². The van der Waals surface area contributed by atoms with Crippen LogP contribution in [0.1, 0.15) is 53.7 Å². The molecule has 1 aromatic carbocycles. The van der Waals surface area contributed by atoms with Crippen LogP contribution in [0.4, 0.5) is 4.39 Å². The van der Waals surface area contributed by atoms with Gasteiger partial charge in [-0.05, 0) is 59.9 Å². The van der Waals surface area contributed by atoms with Crippen molar-refractivity contribution in [2.24, 2.45) is 4.99 Å². The summed E-state index contributed by atoms with van der Waals surface area (Å²) in [7, 11) is 0. The second-order valence-corrected chi connectivity index (χ2v) is 9.93. The average molecular weight is 524 g/mol. The summed E-state index contributed by atoms with van der Waals surface area (Å²) < 4.78 is 16.5. The number of piperazine rings is 1. The Labute approximate surface area is 226 Å². The van der Waals surface area contributed by atoms with Crippen molar-refractivity contribution in [3.63, 3.8) is 0 Å². The maximum Gasteiger partial charge on any atom is 0.256 e. The lowest BCUT2D eigenvalue weighted by Gasteiger charge is -2.36. The van der Waals surface area contributed by atoms with E-state index in [1.807, 2.05) is 24.7 Å². The molecule has 2 aromatic heterocycles. The lowest BCUT2D eigenvalue weighted by Crippen LogP contribution is -2.50. The number of fused-ring (bicyclic) bond motifs is 1. The molecular formula is C30H30FN7O. The summed E-state index contributed by atoms with van der Waals surface area (Å²) in [5.41, 5.74) is 4.65. The van der Waals surface area contributed by atoms with Gasteiger partial charge in [0.2, 0.25) is 0 Å². The molecule has 8 nitrogen and oxygen atoms in total. The van der Waals surface area contributed by atoms with Crippen LogP contribution in [0.15, 0.2) is 65.7 Å². The Balaban J connectivity index is 1.28. The van der Waals surface area contributed by atoms with Crippen LogP contribution in [-0.4, -0.2) is 58.0 Å². The molecule has 1 fully saturated rings. The molecule has 2 aliphatic rings. The topological polar surface area (TPSA) is 104 Å². The molecule has 9 heteroatoms. The molecule has 0 aliphatic carbocycles. The highest BCUT2D eigenvalue weighted by Gasteiger charge is 2.26. The zero-order valence-corrected chi connectivity index (χ0v) is 21.9. The van der Waals surface area contributed by atoms with Gasteiger partial charge >= 0.3 is 0 Å². The van der Waals surface area contributed by atoms with Gasteiger partial charge in [-0.2, -0.15) is 10.5 Å². The highest BCUT2D eigenvalue weighted by molar-refractivity contribution is 5.94. The van der Waals surface area contributed by atoms with Crippen molar-refractivity contribution in [1.29, 1.82) is 10.5 Å². The molecule has 1 atom stereocenters. The summed E-state index contributed by atoms with van der Waals surface area (Å²) in [5, 5.41) is 19.6. The first-order valence-corrected chi connectivity index (χ1v) is 13.2. The highest BCUT2D eigenvalue weighted by atomic mass is 19.1. The Bertz CT molecular complexity index is 1610. The second-order valence-electron chi connectivity index (χ2n) is 9.93. The zero-order valence-electron chi connectivity index (χ0n) is 21.9. The Morgan fingerprint density at radius 3 is 2.72 bits per heavy atom. The zero-order chi connectivity index (χ0) is 27.4. The summed E-state index contributed by atoms with van der Waals surface area (Å²) in [5.74, 6) is -1.04. The molecule has 39 heavy (non-hydrogen) atoms. The van der Waals surface area contributed by atoms with Crippen LogP contribution in [0.5, 0.6) is 0 Å². The minimum atomic E-state index is -0.674. The fourth-order valence-corrected chi connectivity index (χ4v) is 5.26. The minimum absolute atomic E-state index is 0.0138. The number of carbonyl (C=O) groups is 1. The highest BCUT2D eigenvalue weighted by Crippen LogP contribution is 2.25. The van der Waals surface area contributed by atoms with Crippen molar-refractivity contribution in [1.82, 2.24) is 19.4 Å². The number of aromatic amines is 1. The number of H-pyrrole nitrogens is 1. The van der Waals surface area contributed by atoms with E-state index >= 15 is 0 Å². The molecule has 0 bridgehead atoms. The quantitative estimate of drug-likeness (QED) is 0.513. The third-order valence-electron chi connectivity index (χ3n) is 7.55. The predicted molar refractivity (Wildman–Crippen MR) is 144 cm³/mol. The number of benzene rings is 1. The Morgan fingerprint density at radius 2 is 2.00 bits per heavy atom. The van der Waals surface area contributed by atoms with E-state index in [9.17, 15) is 14.4 Å². The first-order valence-electron chi connectivity index (χ1n) is 13.2. The normalized spacial score (nSPS) is 16.4. The van der Waals surface area contributed by atoms with Gasteiger partial charge in [-0.1, -0.05) is 6.92 Å². The van der Waals surface area contributed by atoms with E-state index in [2.05, 4.69) is 50.8 Å². The fraction of sp³-hybridized carbons (Fsp3) is 0.333. The summed E-state index contributed by atoms with van der Waals surface area (Å²) in [6.07, 6.45) is 10.2.